The van der Waals surface area contributed by atoms with Gasteiger partial charge in [0.15, 0.2) is 0 Å². The van der Waals surface area contributed by atoms with Gasteiger partial charge in [0, 0.05) is 0 Å². The third-order valence-electron chi connectivity index (χ3n) is 5.37. The van der Waals surface area contributed by atoms with Gasteiger partial charge < -0.3 is 0 Å². The molecule has 4 aromatic rings. The molecule has 0 nitrogen and oxygen atoms in total. The van der Waals surface area contributed by atoms with Gasteiger partial charge >= 0.3 is 0 Å². The summed E-state index contributed by atoms with van der Waals surface area (Å²) in [6, 6.07) is 38.6. The van der Waals surface area contributed by atoms with E-state index in [0.717, 1.165) is 0 Å². The van der Waals surface area contributed by atoms with Crippen LogP contribution in [0.2, 0.25) is 0 Å². The largest absolute Gasteiger partial charge is 0.0776 e. The lowest BCUT2D eigenvalue weighted by molar-refractivity contribution is 0.867. The SMILES string of the molecule is C.CC(C)c1ccc(-c2ccccc2)cc1.CC(C)c1ccc(-c2ccccc2)cc1. The first-order valence-electron chi connectivity index (χ1n) is 10.9. The van der Waals surface area contributed by atoms with E-state index in [4.69, 9.17) is 0 Å². The van der Waals surface area contributed by atoms with Gasteiger partial charge in [-0.1, -0.05) is 144 Å². The third kappa shape index (κ3) is 6.96. The van der Waals surface area contributed by atoms with E-state index in [0.29, 0.717) is 11.8 Å². The van der Waals surface area contributed by atoms with E-state index < -0.39 is 0 Å². The second-order valence-electron chi connectivity index (χ2n) is 8.29. The van der Waals surface area contributed by atoms with Crippen LogP contribution in [0.15, 0.2) is 109 Å². The lowest BCUT2D eigenvalue weighted by Crippen LogP contribution is -1.86. The van der Waals surface area contributed by atoms with Crippen LogP contribution >= 0.6 is 0 Å². The Hall–Kier alpha value is -3.12. The molecule has 0 unspecified atom stereocenters. The van der Waals surface area contributed by atoms with Crippen LogP contribution in [-0.4, -0.2) is 0 Å². The molecule has 4 rings (SSSR count). The van der Waals surface area contributed by atoms with Crippen LogP contribution in [0.4, 0.5) is 0 Å². The smallest absolute Gasteiger partial charge is 0.0184 e. The molecule has 0 aliphatic carbocycles. The molecular weight excluding hydrogens is 372 g/mol. The van der Waals surface area contributed by atoms with Gasteiger partial charge in [0.05, 0.1) is 0 Å². The van der Waals surface area contributed by atoms with Gasteiger partial charge in [-0.05, 0) is 45.2 Å². The minimum atomic E-state index is 0. The summed E-state index contributed by atoms with van der Waals surface area (Å²) >= 11 is 0. The minimum Gasteiger partial charge on any atom is -0.0776 e. The molecule has 0 heteroatoms. The lowest BCUT2D eigenvalue weighted by Gasteiger charge is -2.06. The third-order valence-corrected chi connectivity index (χ3v) is 5.37. The zero-order chi connectivity index (χ0) is 21.3. The topological polar surface area (TPSA) is 0 Å². The fraction of sp³-hybridized carbons (Fsp3) is 0.226. The van der Waals surface area contributed by atoms with Crippen molar-refractivity contribution in [1.82, 2.24) is 0 Å². The predicted octanol–water partition coefficient (Wildman–Crippen LogP) is 9.59. The molecule has 0 aliphatic heterocycles. The van der Waals surface area contributed by atoms with E-state index in [1.807, 2.05) is 12.1 Å². The molecule has 0 amide bonds. The molecule has 0 radical (unpaired) electrons. The van der Waals surface area contributed by atoms with Gasteiger partial charge in [-0.2, -0.15) is 0 Å². The van der Waals surface area contributed by atoms with Gasteiger partial charge in [-0.15, -0.1) is 0 Å². The Labute approximate surface area is 189 Å². The first-order chi connectivity index (χ1) is 14.5. The second kappa shape index (κ2) is 11.9. The number of hydrogen-bond acceptors (Lipinski definition) is 0. The highest BCUT2D eigenvalue weighted by molar-refractivity contribution is 5.64. The highest BCUT2D eigenvalue weighted by Crippen LogP contribution is 2.23. The Morgan fingerprint density at radius 3 is 0.871 bits per heavy atom. The maximum Gasteiger partial charge on any atom is -0.0184 e. The summed E-state index contributed by atoms with van der Waals surface area (Å²) in [5, 5.41) is 0. The van der Waals surface area contributed by atoms with E-state index in [9.17, 15) is 0 Å². The standard InChI is InChI=1S/2C15H16.CH4/c2*1-12(2)13-8-10-15(11-9-13)14-6-4-3-5-7-14;/h2*3-12H,1-2H3;1H4. The van der Waals surface area contributed by atoms with E-state index in [2.05, 4.69) is 125 Å². The molecule has 0 heterocycles. The molecule has 31 heavy (non-hydrogen) atoms. The number of benzene rings is 4. The summed E-state index contributed by atoms with van der Waals surface area (Å²) in [5.41, 5.74) is 7.95. The van der Waals surface area contributed by atoms with Gasteiger partial charge in [0.1, 0.15) is 0 Å². The van der Waals surface area contributed by atoms with Crippen LogP contribution in [0, 0.1) is 0 Å². The fourth-order valence-electron chi connectivity index (χ4n) is 3.38. The van der Waals surface area contributed by atoms with Crippen LogP contribution in [-0.2, 0) is 0 Å². The lowest BCUT2D eigenvalue weighted by atomic mass is 9.99. The first kappa shape index (κ1) is 24.2. The molecule has 0 saturated carbocycles. The molecule has 0 spiro atoms. The van der Waals surface area contributed by atoms with Crippen molar-refractivity contribution < 1.29 is 0 Å². The van der Waals surface area contributed by atoms with Crippen LogP contribution in [0.25, 0.3) is 22.3 Å². The fourth-order valence-corrected chi connectivity index (χ4v) is 3.38. The molecule has 0 atom stereocenters. The zero-order valence-corrected chi connectivity index (χ0v) is 18.5. The van der Waals surface area contributed by atoms with E-state index >= 15 is 0 Å². The molecule has 0 aromatic heterocycles. The van der Waals surface area contributed by atoms with Crippen molar-refractivity contribution >= 4 is 0 Å². The summed E-state index contributed by atoms with van der Waals surface area (Å²) in [5.74, 6) is 1.21. The van der Waals surface area contributed by atoms with Crippen molar-refractivity contribution in [2.24, 2.45) is 0 Å². The van der Waals surface area contributed by atoms with E-state index in [1.165, 1.54) is 33.4 Å². The summed E-state index contributed by atoms with van der Waals surface area (Å²) in [7, 11) is 0. The molecular formula is C31H36. The number of rotatable bonds is 4. The predicted molar refractivity (Wildman–Crippen MR) is 139 cm³/mol. The van der Waals surface area contributed by atoms with E-state index in [1.54, 1.807) is 0 Å². The highest BCUT2D eigenvalue weighted by Gasteiger charge is 2.01. The van der Waals surface area contributed by atoms with Gasteiger partial charge in [-0.3, -0.25) is 0 Å². The van der Waals surface area contributed by atoms with Crippen molar-refractivity contribution in [3.8, 4) is 22.3 Å². The van der Waals surface area contributed by atoms with Crippen LogP contribution in [0.5, 0.6) is 0 Å². The van der Waals surface area contributed by atoms with Crippen molar-refractivity contribution in [3.05, 3.63) is 120 Å². The Bertz CT molecular complexity index is 906. The Balaban J connectivity index is 0.000000213. The summed E-state index contributed by atoms with van der Waals surface area (Å²) < 4.78 is 0. The normalized spacial score (nSPS) is 10.3. The maximum atomic E-state index is 2.22. The molecule has 0 fully saturated rings. The Morgan fingerprint density at radius 1 is 0.355 bits per heavy atom. The average molecular weight is 409 g/mol. The molecule has 0 bridgehead atoms. The maximum absolute atomic E-state index is 2.22. The Morgan fingerprint density at radius 2 is 0.613 bits per heavy atom. The van der Waals surface area contributed by atoms with Crippen molar-refractivity contribution in [1.29, 1.82) is 0 Å². The summed E-state index contributed by atoms with van der Waals surface area (Å²) in [6.45, 7) is 8.88. The molecule has 0 N–H and O–H groups in total. The van der Waals surface area contributed by atoms with Crippen LogP contribution in [0.3, 0.4) is 0 Å². The Kier molecular flexibility index (Phi) is 9.28. The van der Waals surface area contributed by atoms with E-state index in [-0.39, 0.29) is 7.43 Å². The van der Waals surface area contributed by atoms with Crippen molar-refractivity contribution in [2.45, 2.75) is 47.0 Å². The van der Waals surface area contributed by atoms with Crippen molar-refractivity contribution in [2.75, 3.05) is 0 Å². The molecule has 0 saturated heterocycles. The van der Waals surface area contributed by atoms with Crippen molar-refractivity contribution in [3.63, 3.8) is 0 Å². The second-order valence-corrected chi connectivity index (χ2v) is 8.29. The quantitative estimate of drug-likeness (QED) is 0.315. The van der Waals surface area contributed by atoms with Crippen LogP contribution in [0.1, 0.15) is 58.1 Å². The first-order valence-corrected chi connectivity index (χ1v) is 10.9. The average Bonchev–Trinajstić information content (AvgIpc) is 2.81. The highest BCUT2D eigenvalue weighted by atomic mass is 14.1. The molecule has 0 aliphatic rings. The van der Waals surface area contributed by atoms with Gasteiger partial charge in [0.25, 0.3) is 0 Å². The molecule has 160 valence electrons. The zero-order valence-electron chi connectivity index (χ0n) is 18.5. The number of hydrogen-bond donors (Lipinski definition) is 0. The molecule has 4 aromatic carbocycles. The van der Waals surface area contributed by atoms with Gasteiger partial charge in [0.2, 0.25) is 0 Å². The minimum absolute atomic E-state index is 0. The van der Waals surface area contributed by atoms with Gasteiger partial charge in [-0.25, -0.2) is 0 Å². The summed E-state index contributed by atoms with van der Waals surface area (Å²) in [6.07, 6.45) is 0. The van der Waals surface area contributed by atoms with Crippen LogP contribution < -0.4 is 0 Å². The summed E-state index contributed by atoms with van der Waals surface area (Å²) in [4.78, 5) is 0. The monoisotopic (exact) mass is 408 g/mol.